The van der Waals surface area contributed by atoms with Gasteiger partial charge in [-0.15, -0.1) is 0 Å². The highest BCUT2D eigenvalue weighted by atomic mass is 35.5. The molecular formula is C21H19Cl2N3O. The second-order valence-corrected chi connectivity index (χ2v) is 7.54. The van der Waals surface area contributed by atoms with E-state index in [0.29, 0.717) is 22.5 Å². The van der Waals surface area contributed by atoms with Crippen LogP contribution in [0, 0.1) is 0 Å². The molecule has 3 atom stereocenters. The van der Waals surface area contributed by atoms with E-state index in [1.807, 2.05) is 54.6 Å². The minimum Gasteiger partial charge on any atom is -0.387 e. The summed E-state index contributed by atoms with van der Waals surface area (Å²) in [5, 5.41) is 14.6. The van der Waals surface area contributed by atoms with E-state index in [2.05, 4.69) is 15.3 Å². The molecule has 6 heteroatoms. The summed E-state index contributed by atoms with van der Waals surface area (Å²) >= 11 is 12.1. The highest BCUT2D eigenvalue weighted by molar-refractivity contribution is 6.42. The highest BCUT2D eigenvalue weighted by Crippen LogP contribution is 2.54. The lowest BCUT2D eigenvalue weighted by atomic mass is 10.1. The molecule has 138 valence electrons. The van der Waals surface area contributed by atoms with Crippen molar-refractivity contribution in [2.45, 2.75) is 24.4 Å². The number of nitrogens with zero attached hydrogens (tertiary/aromatic N) is 2. The summed E-state index contributed by atoms with van der Waals surface area (Å²) in [5.41, 5.74) is 2.04. The van der Waals surface area contributed by atoms with Crippen LogP contribution >= 0.6 is 23.2 Å². The van der Waals surface area contributed by atoms with Crippen LogP contribution in [0.25, 0.3) is 0 Å². The summed E-state index contributed by atoms with van der Waals surface area (Å²) in [4.78, 5) is 9.05. The van der Waals surface area contributed by atoms with E-state index in [-0.39, 0.29) is 5.92 Å². The number of anilines is 1. The molecule has 1 aromatic heterocycles. The van der Waals surface area contributed by atoms with Gasteiger partial charge in [0.1, 0.15) is 11.6 Å². The predicted molar refractivity (Wildman–Crippen MR) is 108 cm³/mol. The Hall–Kier alpha value is -2.14. The Bertz CT molecular complexity index is 936. The first-order valence-electron chi connectivity index (χ1n) is 8.86. The average molecular weight is 400 g/mol. The summed E-state index contributed by atoms with van der Waals surface area (Å²) < 4.78 is 0. The molecule has 0 spiro atoms. The van der Waals surface area contributed by atoms with Crippen molar-refractivity contribution in [2.24, 2.45) is 0 Å². The van der Waals surface area contributed by atoms with Crippen LogP contribution in [0.3, 0.4) is 0 Å². The van der Waals surface area contributed by atoms with Crippen LogP contribution in [-0.4, -0.2) is 21.6 Å². The largest absolute Gasteiger partial charge is 0.387 e. The lowest BCUT2D eigenvalue weighted by molar-refractivity contribution is 0.191. The fourth-order valence-corrected chi connectivity index (χ4v) is 3.54. The van der Waals surface area contributed by atoms with Crippen LogP contribution < -0.4 is 5.32 Å². The number of aliphatic hydroxyl groups is 1. The number of aliphatic hydroxyl groups excluding tert-OH is 1. The van der Waals surface area contributed by atoms with Crippen LogP contribution in [0.1, 0.15) is 41.3 Å². The molecule has 1 saturated carbocycles. The molecule has 0 aliphatic heterocycles. The maximum Gasteiger partial charge on any atom is 0.134 e. The van der Waals surface area contributed by atoms with Crippen molar-refractivity contribution in [1.29, 1.82) is 0 Å². The third-order valence-corrected chi connectivity index (χ3v) is 5.57. The fraction of sp³-hybridized carbons (Fsp3) is 0.238. The zero-order valence-electron chi connectivity index (χ0n) is 14.5. The first-order valence-corrected chi connectivity index (χ1v) is 9.62. The van der Waals surface area contributed by atoms with E-state index < -0.39 is 6.10 Å². The van der Waals surface area contributed by atoms with Crippen molar-refractivity contribution in [2.75, 3.05) is 11.9 Å². The Morgan fingerprint density at radius 2 is 1.85 bits per heavy atom. The number of halogens is 2. The minimum absolute atomic E-state index is 0.281. The van der Waals surface area contributed by atoms with E-state index in [1.54, 1.807) is 6.20 Å². The number of rotatable bonds is 6. The number of aromatic nitrogens is 2. The molecule has 4 nitrogen and oxygen atoms in total. The molecular weight excluding hydrogens is 381 g/mol. The van der Waals surface area contributed by atoms with Gasteiger partial charge in [-0.1, -0.05) is 59.6 Å². The van der Waals surface area contributed by atoms with Crippen molar-refractivity contribution in [3.05, 3.63) is 87.8 Å². The summed E-state index contributed by atoms with van der Waals surface area (Å²) in [7, 11) is 0. The summed E-state index contributed by atoms with van der Waals surface area (Å²) in [6.07, 6.45) is 2.16. The van der Waals surface area contributed by atoms with Gasteiger partial charge in [0.2, 0.25) is 0 Å². The van der Waals surface area contributed by atoms with Crippen LogP contribution in [0.15, 0.2) is 60.8 Å². The molecule has 2 N–H and O–H groups in total. The second kappa shape index (κ2) is 7.85. The van der Waals surface area contributed by atoms with Crippen LogP contribution in [0.4, 0.5) is 5.82 Å². The van der Waals surface area contributed by atoms with Gasteiger partial charge in [-0.25, -0.2) is 9.97 Å². The van der Waals surface area contributed by atoms with Gasteiger partial charge in [0.05, 0.1) is 16.1 Å². The average Bonchev–Trinajstić information content (AvgIpc) is 3.50. The molecule has 4 rings (SSSR count). The van der Waals surface area contributed by atoms with Gasteiger partial charge in [-0.05, 0) is 41.7 Å². The molecule has 0 bridgehead atoms. The van der Waals surface area contributed by atoms with Crippen molar-refractivity contribution >= 4 is 29.0 Å². The lowest BCUT2D eigenvalue weighted by Crippen LogP contribution is -2.13. The highest BCUT2D eigenvalue weighted by Gasteiger charge is 2.42. The van der Waals surface area contributed by atoms with Gasteiger partial charge in [0.15, 0.2) is 0 Å². The first-order chi connectivity index (χ1) is 13.1. The Morgan fingerprint density at radius 1 is 1.04 bits per heavy atom. The summed E-state index contributed by atoms with van der Waals surface area (Å²) in [5.74, 6) is 2.17. The monoisotopic (exact) mass is 399 g/mol. The molecule has 1 heterocycles. The lowest BCUT2D eigenvalue weighted by Gasteiger charge is -2.13. The zero-order valence-corrected chi connectivity index (χ0v) is 16.0. The second-order valence-electron chi connectivity index (χ2n) is 6.73. The molecule has 0 amide bonds. The summed E-state index contributed by atoms with van der Waals surface area (Å²) in [6, 6.07) is 17.2. The molecule has 2 aromatic carbocycles. The van der Waals surface area contributed by atoms with Crippen molar-refractivity contribution in [3.63, 3.8) is 0 Å². The number of hydrogen-bond donors (Lipinski definition) is 2. The molecule has 0 radical (unpaired) electrons. The van der Waals surface area contributed by atoms with Crippen molar-refractivity contribution in [1.82, 2.24) is 9.97 Å². The predicted octanol–water partition coefficient (Wildman–Crippen LogP) is 5.20. The normalized spacial score (nSPS) is 19.5. The number of benzene rings is 2. The quantitative estimate of drug-likeness (QED) is 0.597. The van der Waals surface area contributed by atoms with Gasteiger partial charge < -0.3 is 10.4 Å². The topological polar surface area (TPSA) is 58.0 Å². The third kappa shape index (κ3) is 4.24. The van der Waals surface area contributed by atoms with Gasteiger partial charge >= 0.3 is 0 Å². The van der Waals surface area contributed by atoms with Gasteiger partial charge in [-0.2, -0.15) is 0 Å². The molecule has 27 heavy (non-hydrogen) atoms. The van der Waals surface area contributed by atoms with Crippen LogP contribution in [-0.2, 0) is 0 Å². The van der Waals surface area contributed by atoms with Gasteiger partial charge in [0, 0.05) is 18.7 Å². The van der Waals surface area contributed by atoms with Crippen LogP contribution in [0.5, 0.6) is 0 Å². The smallest absolute Gasteiger partial charge is 0.134 e. The summed E-state index contributed by atoms with van der Waals surface area (Å²) in [6.45, 7) is 0.390. The van der Waals surface area contributed by atoms with E-state index in [0.717, 1.165) is 29.2 Å². The van der Waals surface area contributed by atoms with E-state index in [1.165, 1.54) is 0 Å². The van der Waals surface area contributed by atoms with Gasteiger partial charge in [0.25, 0.3) is 0 Å². The Kier molecular flexibility index (Phi) is 5.30. The van der Waals surface area contributed by atoms with Crippen LogP contribution in [0.2, 0.25) is 10.0 Å². The Morgan fingerprint density at radius 3 is 2.63 bits per heavy atom. The maximum absolute atomic E-state index is 10.3. The Balaban J connectivity index is 1.40. The standard InChI is InChI=1S/C21H19Cl2N3O/c22-17-7-6-14(10-18(17)23)15-11-16(15)21-24-9-8-20(26-21)25-12-19(27)13-4-2-1-3-5-13/h1-10,15-16,19,27H,11-12H2,(H,24,25,26)/t15?,16?,19-/m0/s1. The minimum atomic E-state index is -0.588. The van der Waals surface area contributed by atoms with Gasteiger partial charge in [-0.3, -0.25) is 0 Å². The molecule has 1 aliphatic rings. The van der Waals surface area contributed by atoms with E-state index in [9.17, 15) is 5.11 Å². The molecule has 1 aliphatic carbocycles. The number of nitrogens with one attached hydrogen (secondary N) is 1. The zero-order chi connectivity index (χ0) is 18.8. The fourth-order valence-electron chi connectivity index (χ4n) is 3.24. The van der Waals surface area contributed by atoms with E-state index >= 15 is 0 Å². The molecule has 2 unspecified atom stereocenters. The SMILES string of the molecule is O[C@@H](CNc1ccnc(C2CC2c2ccc(Cl)c(Cl)c2)n1)c1ccccc1. The first kappa shape index (κ1) is 18.2. The molecule has 3 aromatic rings. The Labute approximate surface area is 168 Å². The molecule has 0 saturated heterocycles. The van der Waals surface area contributed by atoms with Crippen molar-refractivity contribution < 1.29 is 5.11 Å². The third-order valence-electron chi connectivity index (χ3n) is 4.83. The number of hydrogen-bond acceptors (Lipinski definition) is 4. The maximum atomic E-state index is 10.3. The van der Waals surface area contributed by atoms with Crippen molar-refractivity contribution in [3.8, 4) is 0 Å². The van der Waals surface area contributed by atoms with E-state index in [4.69, 9.17) is 23.2 Å². The molecule has 1 fully saturated rings.